The van der Waals surface area contributed by atoms with Crippen molar-refractivity contribution in [3.05, 3.63) is 47.0 Å². The number of hydrogen-bond acceptors (Lipinski definition) is 2. The van der Waals surface area contributed by atoms with Gasteiger partial charge in [-0.25, -0.2) is 0 Å². The second kappa shape index (κ2) is 10.5. The fourth-order valence-electron chi connectivity index (χ4n) is 2.94. The summed E-state index contributed by atoms with van der Waals surface area (Å²) in [5.41, 5.74) is 3.34. The minimum atomic E-state index is -0.0438. The van der Waals surface area contributed by atoms with Crippen molar-refractivity contribution in [2.24, 2.45) is 4.99 Å². The Bertz CT molecular complexity index is 622. The third kappa shape index (κ3) is 6.99. The predicted octanol–water partition coefficient (Wildman–Crippen LogP) is 2.78. The number of allylic oxidation sites excluding steroid dienone is 1. The number of carbonyl (C=O) groups excluding carboxylic acids is 1. The molecule has 1 aromatic rings. The van der Waals surface area contributed by atoms with Crippen LogP contribution in [0.2, 0.25) is 0 Å². The first-order valence-electron chi connectivity index (χ1n) is 9.16. The molecule has 5 heteroatoms. The Kier molecular flexibility index (Phi) is 8.02. The molecule has 0 aromatic heterocycles. The molecule has 5 nitrogen and oxygen atoms in total. The monoisotopic (exact) mass is 342 g/mol. The Hall–Kier alpha value is -2.30. The number of nitrogens with one attached hydrogen (secondary N) is 3. The van der Waals surface area contributed by atoms with Gasteiger partial charge in [-0.2, -0.15) is 0 Å². The van der Waals surface area contributed by atoms with Crippen LogP contribution in [-0.4, -0.2) is 38.5 Å². The zero-order valence-corrected chi connectivity index (χ0v) is 15.4. The average Bonchev–Trinajstić information content (AvgIpc) is 2.64. The van der Waals surface area contributed by atoms with Crippen molar-refractivity contribution in [2.75, 3.05) is 26.7 Å². The molecule has 136 valence electrons. The molecule has 0 unspecified atom stereocenters. The Balaban J connectivity index is 1.62. The highest BCUT2D eigenvalue weighted by Crippen LogP contribution is 2.19. The van der Waals surface area contributed by atoms with Crippen LogP contribution in [0.3, 0.4) is 0 Å². The molecule has 0 fully saturated rings. The highest BCUT2D eigenvalue weighted by Gasteiger charge is 2.06. The van der Waals surface area contributed by atoms with Crippen LogP contribution >= 0.6 is 0 Å². The molecule has 1 amide bonds. The molecule has 1 aliphatic rings. The topological polar surface area (TPSA) is 65.5 Å². The van der Waals surface area contributed by atoms with E-state index in [1.807, 2.05) is 31.2 Å². The summed E-state index contributed by atoms with van der Waals surface area (Å²) in [5.74, 6) is 0.735. The van der Waals surface area contributed by atoms with Crippen molar-refractivity contribution in [1.29, 1.82) is 0 Å². The van der Waals surface area contributed by atoms with Gasteiger partial charge in [0.25, 0.3) is 5.91 Å². The van der Waals surface area contributed by atoms with Gasteiger partial charge in [-0.15, -0.1) is 0 Å². The van der Waals surface area contributed by atoms with E-state index < -0.39 is 0 Å². The Morgan fingerprint density at radius 2 is 1.92 bits per heavy atom. The fraction of sp³-hybridized carbons (Fsp3) is 0.500. The van der Waals surface area contributed by atoms with E-state index >= 15 is 0 Å². The van der Waals surface area contributed by atoms with Crippen LogP contribution < -0.4 is 16.0 Å². The minimum absolute atomic E-state index is 0.0438. The highest BCUT2D eigenvalue weighted by molar-refractivity contribution is 5.94. The predicted molar refractivity (Wildman–Crippen MR) is 104 cm³/mol. The van der Waals surface area contributed by atoms with E-state index in [-0.39, 0.29) is 5.91 Å². The van der Waals surface area contributed by atoms with Gasteiger partial charge in [-0.1, -0.05) is 29.3 Å². The largest absolute Gasteiger partial charge is 0.356 e. The number of hydrogen-bond donors (Lipinski definition) is 3. The van der Waals surface area contributed by atoms with Crippen molar-refractivity contribution in [3.63, 3.8) is 0 Å². The molecule has 0 heterocycles. The van der Waals surface area contributed by atoms with Crippen molar-refractivity contribution in [1.82, 2.24) is 16.0 Å². The van der Waals surface area contributed by atoms with Gasteiger partial charge >= 0.3 is 0 Å². The zero-order valence-electron chi connectivity index (χ0n) is 15.4. The molecule has 0 saturated heterocycles. The minimum Gasteiger partial charge on any atom is -0.356 e. The molecule has 0 radical (unpaired) electrons. The molecule has 1 aromatic carbocycles. The van der Waals surface area contributed by atoms with Gasteiger partial charge in [-0.05, 0) is 51.2 Å². The molecule has 0 aliphatic heterocycles. The van der Waals surface area contributed by atoms with Gasteiger partial charge in [0.05, 0.1) is 0 Å². The summed E-state index contributed by atoms with van der Waals surface area (Å²) in [6, 6.07) is 7.60. The number of aryl methyl sites for hydroxylation is 1. The summed E-state index contributed by atoms with van der Waals surface area (Å²) in [7, 11) is 1.76. The van der Waals surface area contributed by atoms with Crippen LogP contribution in [0, 0.1) is 6.92 Å². The molecular weight excluding hydrogens is 312 g/mol. The lowest BCUT2D eigenvalue weighted by molar-refractivity contribution is 0.0954. The molecular formula is C20H30N4O. The Labute approximate surface area is 151 Å². The van der Waals surface area contributed by atoms with Crippen LogP contribution in [0.4, 0.5) is 0 Å². The van der Waals surface area contributed by atoms with E-state index in [1.165, 1.54) is 25.7 Å². The first-order valence-corrected chi connectivity index (χ1v) is 9.16. The lowest BCUT2D eigenvalue weighted by atomic mass is 9.97. The first-order chi connectivity index (χ1) is 12.2. The quantitative estimate of drug-likeness (QED) is 0.309. The molecule has 0 spiro atoms. The molecule has 0 saturated carbocycles. The van der Waals surface area contributed by atoms with E-state index in [9.17, 15) is 4.79 Å². The first kappa shape index (κ1) is 19.0. The maximum Gasteiger partial charge on any atom is 0.251 e. The number of rotatable bonds is 7. The molecule has 1 aliphatic carbocycles. The maximum absolute atomic E-state index is 12.1. The summed E-state index contributed by atoms with van der Waals surface area (Å²) in [6.45, 7) is 4.07. The number of benzene rings is 1. The molecule has 2 rings (SSSR count). The van der Waals surface area contributed by atoms with E-state index in [0.717, 1.165) is 24.5 Å². The molecule has 0 atom stereocenters. The van der Waals surface area contributed by atoms with Crippen molar-refractivity contribution < 1.29 is 4.79 Å². The number of aliphatic imine (C=N–C) groups is 1. The second-order valence-corrected chi connectivity index (χ2v) is 6.41. The summed E-state index contributed by atoms with van der Waals surface area (Å²) >= 11 is 0. The summed E-state index contributed by atoms with van der Waals surface area (Å²) in [4.78, 5) is 16.3. The molecule has 0 bridgehead atoms. The smallest absolute Gasteiger partial charge is 0.251 e. The number of nitrogens with zero attached hydrogens (tertiary/aromatic N) is 1. The summed E-state index contributed by atoms with van der Waals surface area (Å²) in [5, 5.41) is 9.48. The number of carbonyl (C=O) groups is 1. The normalized spacial score (nSPS) is 14.6. The average molecular weight is 342 g/mol. The van der Waals surface area contributed by atoms with Crippen molar-refractivity contribution in [2.45, 2.75) is 39.0 Å². The zero-order chi connectivity index (χ0) is 17.9. The van der Waals surface area contributed by atoms with Crippen LogP contribution in [0.5, 0.6) is 0 Å². The highest BCUT2D eigenvalue weighted by atomic mass is 16.1. The van der Waals surface area contributed by atoms with Crippen LogP contribution in [0.25, 0.3) is 0 Å². The number of amides is 1. The lowest BCUT2D eigenvalue weighted by Gasteiger charge is -2.15. The Morgan fingerprint density at radius 3 is 2.64 bits per heavy atom. The van der Waals surface area contributed by atoms with Gasteiger partial charge in [0.2, 0.25) is 0 Å². The van der Waals surface area contributed by atoms with Gasteiger partial charge in [0.15, 0.2) is 5.96 Å². The van der Waals surface area contributed by atoms with Crippen LogP contribution in [0.1, 0.15) is 48.0 Å². The van der Waals surface area contributed by atoms with E-state index in [1.54, 1.807) is 12.6 Å². The number of guanidine groups is 1. The SMILES string of the molecule is CN=C(NCCNC(=O)c1cccc(C)c1)NCCC1=CCCCC1. The maximum atomic E-state index is 12.1. The third-order valence-electron chi connectivity index (χ3n) is 4.33. The van der Waals surface area contributed by atoms with Crippen molar-refractivity contribution >= 4 is 11.9 Å². The third-order valence-corrected chi connectivity index (χ3v) is 4.33. The van der Waals surface area contributed by atoms with Gasteiger partial charge in [-0.3, -0.25) is 9.79 Å². The van der Waals surface area contributed by atoms with Gasteiger partial charge < -0.3 is 16.0 Å². The fourth-order valence-corrected chi connectivity index (χ4v) is 2.94. The summed E-state index contributed by atoms with van der Waals surface area (Å²) < 4.78 is 0. The molecule has 25 heavy (non-hydrogen) atoms. The second-order valence-electron chi connectivity index (χ2n) is 6.41. The Morgan fingerprint density at radius 1 is 1.12 bits per heavy atom. The lowest BCUT2D eigenvalue weighted by Crippen LogP contribution is -2.41. The van der Waals surface area contributed by atoms with Crippen LogP contribution in [0.15, 0.2) is 40.9 Å². The van der Waals surface area contributed by atoms with Gasteiger partial charge in [0, 0.05) is 32.2 Å². The van der Waals surface area contributed by atoms with Crippen molar-refractivity contribution in [3.8, 4) is 0 Å². The summed E-state index contributed by atoms with van der Waals surface area (Å²) in [6.07, 6.45) is 8.56. The standard InChI is InChI=1S/C20H30N4O/c1-16-7-6-10-18(15-16)19(25)22-13-14-24-20(21-2)23-12-11-17-8-4-3-5-9-17/h6-8,10,15H,3-5,9,11-14H2,1-2H3,(H,22,25)(H2,21,23,24). The van der Waals surface area contributed by atoms with Gasteiger partial charge in [0.1, 0.15) is 0 Å². The van der Waals surface area contributed by atoms with Crippen LogP contribution in [-0.2, 0) is 0 Å². The van der Waals surface area contributed by atoms with E-state index in [0.29, 0.717) is 18.7 Å². The van der Waals surface area contributed by atoms with E-state index in [2.05, 4.69) is 27.0 Å². The van der Waals surface area contributed by atoms with E-state index in [4.69, 9.17) is 0 Å². The molecule has 3 N–H and O–H groups in total.